The second-order valence-electron chi connectivity index (χ2n) is 7.27. The summed E-state index contributed by atoms with van der Waals surface area (Å²) in [6.45, 7) is 1.52. The summed E-state index contributed by atoms with van der Waals surface area (Å²) in [5.41, 5.74) is -0.704. The zero-order chi connectivity index (χ0) is 23.1. The van der Waals surface area contributed by atoms with Crippen molar-refractivity contribution in [1.29, 1.82) is 0 Å². The van der Waals surface area contributed by atoms with Crippen molar-refractivity contribution in [3.8, 4) is 0 Å². The molecule has 4 N–H and O–H groups in total. The summed E-state index contributed by atoms with van der Waals surface area (Å²) in [4.78, 5) is 42.0. The lowest BCUT2D eigenvalue weighted by Gasteiger charge is -2.37. The fourth-order valence-electron chi connectivity index (χ4n) is 3.34. The molecular formula is C21H22Cl3N5O3. The first-order valence-corrected chi connectivity index (χ1v) is 11.1. The van der Waals surface area contributed by atoms with Crippen molar-refractivity contribution >= 4 is 52.5 Å². The number of nitrogens with one attached hydrogen (secondary N) is 4. The number of hydrogen-bond acceptors (Lipinski definition) is 5. The Balaban J connectivity index is 1.59. The smallest absolute Gasteiger partial charge is 0.272 e. The topological polar surface area (TPSA) is 112 Å². The molecule has 1 aliphatic rings. The lowest BCUT2D eigenvalue weighted by molar-refractivity contribution is -0.128. The first-order valence-electron chi connectivity index (χ1n) is 9.98. The summed E-state index contributed by atoms with van der Waals surface area (Å²) in [5.74, 6) is -1.20. The van der Waals surface area contributed by atoms with Crippen molar-refractivity contribution in [1.82, 2.24) is 26.3 Å². The molecule has 0 atom stereocenters. The van der Waals surface area contributed by atoms with Crippen LogP contribution in [0.25, 0.3) is 0 Å². The number of carbonyl (C=O) groups is 3. The molecule has 2 heterocycles. The number of hydrogen-bond donors (Lipinski definition) is 4. The van der Waals surface area contributed by atoms with Crippen LogP contribution in [0.1, 0.15) is 33.7 Å². The minimum absolute atomic E-state index is 0.0416. The SMILES string of the molecule is O=C(NCCNC(=O)C1(NC(=O)c2nc(Cl)ccc2Cl)CCNCC1)c1ccc(Cl)cc1. The van der Waals surface area contributed by atoms with Gasteiger partial charge in [-0.15, -0.1) is 0 Å². The number of aromatic nitrogens is 1. The largest absolute Gasteiger partial charge is 0.352 e. The van der Waals surface area contributed by atoms with Gasteiger partial charge in [0.25, 0.3) is 11.8 Å². The molecule has 32 heavy (non-hydrogen) atoms. The predicted molar refractivity (Wildman–Crippen MR) is 123 cm³/mol. The summed E-state index contributed by atoms with van der Waals surface area (Å²) in [6.07, 6.45) is 0.778. The van der Waals surface area contributed by atoms with E-state index in [-0.39, 0.29) is 40.8 Å². The number of rotatable bonds is 7. The van der Waals surface area contributed by atoms with E-state index in [0.29, 0.717) is 36.5 Å². The van der Waals surface area contributed by atoms with E-state index < -0.39 is 11.4 Å². The van der Waals surface area contributed by atoms with Crippen LogP contribution in [0.4, 0.5) is 0 Å². The van der Waals surface area contributed by atoms with Crippen molar-refractivity contribution < 1.29 is 14.4 Å². The van der Waals surface area contributed by atoms with Gasteiger partial charge in [-0.05, 0) is 62.3 Å². The molecule has 2 aromatic rings. The van der Waals surface area contributed by atoms with Crippen LogP contribution >= 0.6 is 34.8 Å². The van der Waals surface area contributed by atoms with Crippen molar-refractivity contribution in [3.63, 3.8) is 0 Å². The van der Waals surface area contributed by atoms with Crippen molar-refractivity contribution in [2.75, 3.05) is 26.2 Å². The van der Waals surface area contributed by atoms with Crippen LogP contribution in [0.2, 0.25) is 15.2 Å². The number of carbonyl (C=O) groups excluding carboxylic acids is 3. The van der Waals surface area contributed by atoms with E-state index in [9.17, 15) is 14.4 Å². The number of halogens is 3. The number of nitrogens with zero attached hydrogens (tertiary/aromatic N) is 1. The normalized spacial score (nSPS) is 15.0. The predicted octanol–water partition coefficient (Wildman–Crippen LogP) is 2.44. The molecule has 0 radical (unpaired) electrons. The molecule has 3 rings (SSSR count). The van der Waals surface area contributed by atoms with Gasteiger partial charge in [0.2, 0.25) is 5.91 Å². The van der Waals surface area contributed by atoms with Crippen LogP contribution in [0.3, 0.4) is 0 Å². The summed E-state index contributed by atoms with van der Waals surface area (Å²) in [7, 11) is 0. The molecule has 0 spiro atoms. The average Bonchev–Trinajstić information content (AvgIpc) is 2.79. The van der Waals surface area contributed by atoms with Gasteiger partial charge in [0.15, 0.2) is 0 Å². The van der Waals surface area contributed by atoms with Gasteiger partial charge in [-0.1, -0.05) is 34.8 Å². The number of pyridine rings is 1. The Morgan fingerprint density at radius 3 is 2.25 bits per heavy atom. The second-order valence-corrected chi connectivity index (χ2v) is 8.50. The maximum atomic E-state index is 13.0. The first kappa shape index (κ1) is 24.3. The lowest BCUT2D eigenvalue weighted by Crippen LogP contribution is -2.63. The fraction of sp³-hybridized carbons (Fsp3) is 0.333. The van der Waals surface area contributed by atoms with Crippen molar-refractivity contribution in [2.24, 2.45) is 0 Å². The summed E-state index contributed by atoms with van der Waals surface area (Å²) in [6, 6.07) is 9.44. The first-order chi connectivity index (χ1) is 15.3. The number of amides is 3. The van der Waals surface area contributed by atoms with E-state index >= 15 is 0 Å². The second kappa shape index (κ2) is 11.0. The van der Waals surface area contributed by atoms with Gasteiger partial charge >= 0.3 is 0 Å². The maximum absolute atomic E-state index is 13.0. The average molecular weight is 499 g/mol. The summed E-state index contributed by atoms with van der Waals surface area (Å²) >= 11 is 17.8. The fourth-order valence-corrected chi connectivity index (χ4v) is 3.81. The molecule has 1 saturated heterocycles. The Kier molecular flexibility index (Phi) is 8.31. The van der Waals surface area contributed by atoms with Crippen LogP contribution in [0.15, 0.2) is 36.4 Å². The standard InChI is InChI=1S/C21H22Cl3N5O3/c22-14-3-1-13(2-4-14)18(30)26-11-12-27-20(32)21(7-9-25-10-8-21)29-19(31)17-15(23)5-6-16(24)28-17/h1-6,25H,7-12H2,(H,26,30)(H,27,32)(H,29,31). The molecule has 11 heteroatoms. The van der Waals surface area contributed by atoms with E-state index in [0.717, 1.165) is 0 Å². The third-order valence-corrected chi connectivity index (χ3v) is 5.84. The monoisotopic (exact) mass is 497 g/mol. The zero-order valence-electron chi connectivity index (χ0n) is 17.0. The third-order valence-electron chi connectivity index (χ3n) is 5.07. The van der Waals surface area contributed by atoms with Crippen molar-refractivity contribution in [3.05, 3.63) is 62.9 Å². The summed E-state index contributed by atoms with van der Waals surface area (Å²) < 4.78 is 0. The molecule has 1 aromatic carbocycles. The van der Waals surface area contributed by atoms with Crippen LogP contribution < -0.4 is 21.3 Å². The quantitative estimate of drug-likeness (QED) is 0.346. The van der Waals surface area contributed by atoms with Crippen molar-refractivity contribution in [2.45, 2.75) is 18.4 Å². The Morgan fingerprint density at radius 2 is 1.56 bits per heavy atom. The molecule has 8 nitrogen and oxygen atoms in total. The van der Waals surface area contributed by atoms with E-state index in [1.54, 1.807) is 24.3 Å². The Morgan fingerprint density at radius 1 is 0.906 bits per heavy atom. The molecule has 1 aliphatic heterocycles. The van der Waals surface area contributed by atoms with E-state index in [1.807, 2.05) is 0 Å². The van der Waals surface area contributed by atoms with Gasteiger partial charge in [0.1, 0.15) is 16.4 Å². The van der Waals surface area contributed by atoms with E-state index in [4.69, 9.17) is 34.8 Å². The zero-order valence-corrected chi connectivity index (χ0v) is 19.3. The van der Waals surface area contributed by atoms with E-state index in [1.165, 1.54) is 12.1 Å². The van der Waals surface area contributed by atoms with Gasteiger partial charge in [-0.2, -0.15) is 0 Å². The maximum Gasteiger partial charge on any atom is 0.272 e. The van der Waals surface area contributed by atoms with Gasteiger partial charge in [0.05, 0.1) is 5.02 Å². The minimum atomic E-state index is -1.13. The highest BCUT2D eigenvalue weighted by Crippen LogP contribution is 2.22. The molecule has 170 valence electrons. The molecule has 0 unspecified atom stereocenters. The molecule has 0 saturated carbocycles. The molecule has 3 amide bonds. The van der Waals surface area contributed by atoms with Gasteiger partial charge < -0.3 is 21.3 Å². The third kappa shape index (κ3) is 6.10. The molecule has 1 fully saturated rings. The molecule has 1 aromatic heterocycles. The Bertz CT molecular complexity index is 995. The number of piperidine rings is 1. The lowest BCUT2D eigenvalue weighted by atomic mass is 9.87. The highest BCUT2D eigenvalue weighted by molar-refractivity contribution is 6.34. The van der Waals surface area contributed by atoms with Crippen LogP contribution in [0.5, 0.6) is 0 Å². The Hall–Kier alpha value is -2.39. The van der Waals surface area contributed by atoms with Gasteiger partial charge in [-0.25, -0.2) is 4.98 Å². The van der Waals surface area contributed by atoms with Crippen LogP contribution in [-0.2, 0) is 4.79 Å². The molecule has 0 bridgehead atoms. The highest BCUT2D eigenvalue weighted by Gasteiger charge is 2.41. The Labute approximate surface area is 200 Å². The number of benzene rings is 1. The van der Waals surface area contributed by atoms with Crippen LogP contribution in [0, 0.1) is 0 Å². The highest BCUT2D eigenvalue weighted by atomic mass is 35.5. The van der Waals surface area contributed by atoms with Crippen LogP contribution in [-0.4, -0.2) is 54.4 Å². The van der Waals surface area contributed by atoms with E-state index in [2.05, 4.69) is 26.3 Å². The summed E-state index contributed by atoms with van der Waals surface area (Å²) in [5, 5.41) is 12.3. The van der Waals surface area contributed by atoms with Gasteiger partial charge in [-0.3, -0.25) is 14.4 Å². The minimum Gasteiger partial charge on any atom is -0.352 e. The molecule has 0 aliphatic carbocycles. The molecular weight excluding hydrogens is 477 g/mol. The van der Waals surface area contributed by atoms with Gasteiger partial charge in [0, 0.05) is 23.7 Å².